The van der Waals surface area contributed by atoms with E-state index in [-0.39, 0.29) is 47.8 Å². The zero-order valence-corrected chi connectivity index (χ0v) is 69.0. The molecule has 4 saturated heterocycles. The highest BCUT2D eigenvalue weighted by molar-refractivity contribution is 8.20. The van der Waals surface area contributed by atoms with Crippen LogP contribution < -0.4 is 39.2 Å². The van der Waals surface area contributed by atoms with Gasteiger partial charge in [-0.2, -0.15) is 0 Å². The monoisotopic (exact) mass is 1520 g/mol. The van der Waals surface area contributed by atoms with Crippen LogP contribution in [0.25, 0.3) is 24.3 Å². The first kappa shape index (κ1) is 81.9. The lowest BCUT2D eigenvalue weighted by molar-refractivity contribution is -0.114. The lowest BCUT2D eigenvalue weighted by atomic mass is 10.1. The van der Waals surface area contributed by atoms with Crippen LogP contribution in [-0.4, -0.2) is 125 Å². The number of benzene rings is 8. The predicted octanol–water partition coefficient (Wildman–Crippen LogP) is 19.8. The molecule has 0 aromatic heterocycles. The number of carbonyl (C=O) groups excluding carboxylic acids is 4. The van der Waals surface area contributed by atoms with Crippen molar-refractivity contribution in [3.05, 3.63) is 258 Å². The molecule has 0 bridgehead atoms. The van der Waals surface area contributed by atoms with Gasteiger partial charge in [-0.1, -0.05) is 109 Å². The molecule has 0 saturated carbocycles. The number of nitrogens with zero attached hydrogens (tertiary/aromatic N) is 12. The van der Waals surface area contributed by atoms with Gasteiger partial charge in [-0.05, 0) is 284 Å². The average molecular weight is 1520 g/mol. The van der Waals surface area contributed by atoms with Crippen LogP contribution >= 0.6 is 47.0 Å². The number of amides is 4. The van der Waals surface area contributed by atoms with Gasteiger partial charge in [0.05, 0.1) is 42.4 Å². The summed E-state index contributed by atoms with van der Waals surface area (Å²) in [7, 11) is 16.1. The molecule has 4 heterocycles. The summed E-state index contributed by atoms with van der Waals surface area (Å²) in [6.07, 6.45) is 7.78. The first-order valence-electron chi connectivity index (χ1n) is 36.0. The molecule has 8 aromatic rings. The van der Waals surface area contributed by atoms with Crippen LogP contribution in [0, 0.1) is 27.7 Å². The molecule has 0 radical (unpaired) electrons. The molecular formula is C88H100N12O4S4. The Hall–Kier alpha value is -10.1. The Bertz CT molecular complexity index is 4790. The van der Waals surface area contributed by atoms with Gasteiger partial charge in [-0.25, -0.2) is 0 Å². The average Bonchev–Trinajstić information content (AvgIpc) is 1.65. The number of carbonyl (C=O) groups is 4. The van der Waals surface area contributed by atoms with Crippen LogP contribution in [0.15, 0.2) is 234 Å². The van der Waals surface area contributed by atoms with Crippen LogP contribution in [0.2, 0.25) is 0 Å². The van der Waals surface area contributed by atoms with E-state index in [1.54, 1.807) is 19.6 Å². The van der Waals surface area contributed by atoms with Gasteiger partial charge in [0.2, 0.25) is 0 Å². The highest BCUT2D eigenvalue weighted by Gasteiger charge is 2.39. The van der Waals surface area contributed by atoms with Gasteiger partial charge in [-0.3, -0.25) is 58.7 Å². The molecule has 0 aliphatic carbocycles. The normalized spacial score (nSPS) is 17.4. The molecule has 560 valence electrons. The van der Waals surface area contributed by atoms with Crippen molar-refractivity contribution >= 4 is 161 Å². The van der Waals surface area contributed by atoms with E-state index >= 15 is 0 Å². The molecule has 0 N–H and O–H groups in total. The molecule has 8 aromatic carbocycles. The number of hydrogen-bond acceptors (Lipinski definition) is 16. The van der Waals surface area contributed by atoms with E-state index in [4.69, 9.17) is 9.98 Å². The number of anilines is 8. The SMILES string of the molecule is CC(C)N=C1S/C(=C\c2ccc(N(C)C)cc2)C(=O)N1c1ccccc1.Cc1cccc(N2C(=O)/C(=C/c3ccc(N(C)C)cc3)SC2=NC(C)C)c1.Cc1cccc(N2C(=O)/C(=C/c3ccc(N(C)C)cc3)SC2=NC(C)C)c1C.Cc1ccccc1N1C(=O)/C(=C/c2ccc(N(C)C)cc2)SC1=NC(C)C. The van der Waals surface area contributed by atoms with Gasteiger partial charge in [0, 0.05) is 103 Å². The maximum Gasteiger partial charge on any atom is 0.271 e. The Kier molecular flexibility index (Phi) is 28.5. The fourth-order valence-corrected chi connectivity index (χ4v) is 15.7. The van der Waals surface area contributed by atoms with Gasteiger partial charge in [0.25, 0.3) is 23.6 Å². The molecule has 0 unspecified atom stereocenters. The van der Waals surface area contributed by atoms with E-state index in [1.807, 2.05) is 289 Å². The first-order chi connectivity index (χ1) is 51.4. The Morgan fingerprint density at radius 2 is 0.583 bits per heavy atom. The van der Waals surface area contributed by atoms with Gasteiger partial charge < -0.3 is 19.6 Å². The van der Waals surface area contributed by atoms with Gasteiger partial charge >= 0.3 is 0 Å². The van der Waals surface area contributed by atoms with Crippen molar-refractivity contribution in [1.29, 1.82) is 0 Å². The summed E-state index contributed by atoms with van der Waals surface area (Å²) >= 11 is 5.76. The zero-order chi connectivity index (χ0) is 78.2. The van der Waals surface area contributed by atoms with Crippen LogP contribution in [0.1, 0.15) is 99.9 Å². The fourth-order valence-electron chi connectivity index (χ4n) is 11.2. The topological polar surface area (TPSA) is 144 Å². The van der Waals surface area contributed by atoms with E-state index in [1.165, 1.54) is 47.0 Å². The minimum atomic E-state index is -0.0303. The third kappa shape index (κ3) is 21.4. The second-order valence-corrected chi connectivity index (χ2v) is 32.2. The summed E-state index contributed by atoms with van der Waals surface area (Å²) in [5.41, 5.74) is 16.5. The van der Waals surface area contributed by atoms with Crippen LogP contribution in [-0.2, 0) is 19.2 Å². The molecule has 12 rings (SSSR count). The molecule has 4 aliphatic heterocycles. The van der Waals surface area contributed by atoms with Crippen molar-refractivity contribution in [3.63, 3.8) is 0 Å². The number of hydrogen-bond donors (Lipinski definition) is 0. The molecular weight excluding hydrogens is 1420 g/mol. The number of amidine groups is 4. The van der Waals surface area contributed by atoms with E-state index in [0.717, 1.165) is 111 Å². The molecule has 0 spiro atoms. The van der Waals surface area contributed by atoms with Crippen molar-refractivity contribution in [1.82, 2.24) is 0 Å². The van der Waals surface area contributed by atoms with Gasteiger partial charge in [-0.15, -0.1) is 0 Å². The molecule has 20 heteroatoms. The predicted molar refractivity (Wildman–Crippen MR) is 470 cm³/mol. The summed E-state index contributed by atoms with van der Waals surface area (Å²) in [5, 5.41) is 2.94. The van der Waals surface area contributed by atoms with Crippen molar-refractivity contribution in [3.8, 4) is 0 Å². The summed E-state index contributed by atoms with van der Waals surface area (Å²) in [6, 6.07) is 64.8. The van der Waals surface area contributed by atoms with Crippen molar-refractivity contribution in [2.45, 2.75) is 107 Å². The zero-order valence-electron chi connectivity index (χ0n) is 65.7. The number of aryl methyl sites for hydroxylation is 3. The van der Waals surface area contributed by atoms with Crippen molar-refractivity contribution in [2.24, 2.45) is 20.0 Å². The standard InChI is InChI=1S/C23H27N3OS.2C22H25N3OS.C21H23N3OS/c1-15(2)24-23-26(20-9-7-8-16(3)17(20)4)22(27)21(28-23)14-18-10-12-19(13-11-18)25(5)6;1-15(2)23-22-25(19-8-6-7-16(3)13-19)21(26)20(27-22)14-17-9-11-18(12-10-17)24(4)5;1-15(2)23-22-25(19-9-7-6-8-16(19)3)21(26)20(27-22)14-17-10-12-18(13-11-17)24(4)5;1-15(2)22-21-24(18-8-6-5-7-9-18)20(25)19(26-21)14-16-10-12-17(13-11-16)23(3)4/h7-15H,1-6H3;2*6-15H,1-5H3;5-15H,1-4H3/b21-14-,24-23?;2*20-14-,23-22?;19-14-,22-21?. The second-order valence-electron chi connectivity index (χ2n) is 28.2. The maximum absolute atomic E-state index is 13.3. The molecule has 108 heavy (non-hydrogen) atoms. The number of rotatable bonds is 16. The third-order valence-corrected chi connectivity index (χ3v) is 20.9. The van der Waals surface area contributed by atoms with Crippen molar-refractivity contribution in [2.75, 3.05) is 95.6 Å². The third-order valence-electron chi connectivity index (χ3n) is 17.0. The molecule has 4 aliphatic rings. The maximum atomic E-state index is 13.3. The number of para-hydroxylation sites is 2. The van der Waals surface area contributed by atoms with E-state index in [0.29, 0.717) is 19.6 Å². The van der Waals surface area contributed by atoms with E-state index < -0.39 is 0 Å². The minimum Gasteiger partial charge on any atom is -0.378 e. The van der Waals surface area contributed by atoms with Gasteiger partial charge in [0.15, 0.2) is 20.7 Å². The second kappa shape index (κ2) is 37.6. The minimum absolute atomic E-state index is 0.0187. The lowest BCUT2D eigenvalue weighted by Crippen LogP contribution is -2.30. The van der Waals surface area contributed by atoms with Gasteiger partial charge in [0.1, 0.15) is 0 Å². The highest BCUT2D eigenvalue weighted by Crippen LogP contribution is 2.42. The van der Waals surface area contributed by atoms with Crippen LogP contribution in [0.5, 0.6) is 0 Å². The molecule has 4 amide bonds. The van der Waals surface area contributed by atoms with E-state index in [9.17, 15) is 19.2 Å². The van der Waals surface area contributed by atoms with Crippen molar-refractivity contribution < 1.29 is 19.2 Å². The Morgan fingerprint density at radius 3 is 0.917 bits per heavy atom. The Balaban J connectivity index is 0.000000166. The largest absolute Gasteiger partial charge is 0.378 e. The summed E-state index contributed by atoms with van der Waals surface area (Å²) in [6.45, 7) is 24.3. The summed E-state index contributed by atoms with van der Waals surface area (Å²) in [4.78, 5) is 89.3. The lowest BCUT2D eigenvalue weighted by Gasteiger charge is -2.19. The Morgan fingerprint density at radius 1 is 0.306 bits per heavy atom. The van der Waals surface area contributed by atoms with Crippen LogP contribution in [0.4, 0.5) is 45.5 Å². The highest BCUT2D eigenvalue weighted by atomic mass is 32.2. The fraction of sp³-hybridized carbons (Fsp3) is 0.273. The quantitative estimate of drug-likeness (QED) is 0.0849. The number of thioether (sulfide) groups is 4. The van der Waals surface area contributed by atoms with Crippen LogP contribution in [0.3, 0.4) is 0 Å². The Labute approximate surface area is 656 Å². The first-order valence-corrected chi connectivity index (χ1v) is 39.3. The molecule has 4 fully saturated rings. The molecule has 16 nitrogen and oxygen atoms in total. The number of aliphatic imine (C=N–C) groups is 4. The smallest absolute Gasteiger partial charge is 0.271 e. The molecule has 0 atom stereocenters. The van der Waals surface area contributed by atoms with E-state index in [2.05, 4.69) is 98.0 Å². The summed E-state index contributed by atoms with van der Waals surface area (Å²) < 4.78 is 0. The summed E-state index contributed by atoms with van der Waals surface area (Å²) in [5.74, 6) is -0.0980.